The Balaban J connectivity index is 2.40. The highest BCUT2D eigenvalue weighted by atomic mass is 35.5. The molecule has 1 aromatic carbocycles. The second kappa shape index (κ2) is 5.29. The fourth-order valence-corrected chi connectivity index (χ4v) is 2.37. The van der Waals surface area contributed by atoms with Gasteiger partial charge in [0.2, 0.25) is 0 Å². The number of fused-ring (bicyclic) bond motifs is 1. The number of carbonyl (C=O) groups is 1. The molecular weight excluding hydrogens is 268 g/mol. The summed E-state index contributed by atoms with van der Waals surface area (Å²) in [6, 6.07) is 3.59. The van der Waals surface area contributed by atoms with E-state index in [4.69, 9.17) is 26.2 Å². The topological polar surface area (TPSA) is 55.8 Å². The quantitative estimate of drug-likeness (QED) is 0.926. The van der Waals surface area contributed by atoms with Crippen molar-refractivity contribution >= 4 is 17.6 Å². The molecule has 2 rings (SSSR count). The van der Waals surface area contributed by atoms with Gasteiger partial charge in [0.25, 0.3) is 0 Å². The van der Waals surface area contributed by atoms with Crippen LogP contribution in [0.4, 0.5) is 0 Å². The molecule has 0 radical (unpaired) electrons. The highest BCUT2D eigenvalue weighted by molar-refractivity contribution is 6.32. The number of carboxylic acid groups (broad SMARTS) is 1. The third-order valence-electron chi connectivity index (χ3n) is 3.18. The molecule has 19 heavy (non-hydrogen) atoms. The third kappa shape index (κ3) is 3.13. The Bertz CT molecular complexity index is 496. The summed E-state index contributed by atoms with van der Waals surface area (Å²) in [5, 5.41) is 9.44. The monoisotopic (exact) mass is 284 g/mol. The third-order valence-corrected chi connectivity index (χ3v) is 3.46. The number of benzene rings is 1. The van der Waals surface area contributed by atoms with Crippen molar-refractivity contribution in [2.75, 3.05) is 13.2 Å². The highest BCUT2D eigenvalue weighted by Gasteiger charge is 2.27. The molecule has 1 aliphatic rings. The van der Waals surface area contributed by atoms with Crippen molar-refractivity contribution in [2.45, 2.75) is 32.1 Å². The highest BCUT2D eigenvalue weighted by Crippen LogP contribution is 2.41. The van der Waals surface area contributed by atoms with Gasteiger partial charge in [-0.3, -0.25) is 4.79 Å². The zero-order valence-electron chi connectivity index (χ0n) is 11.0. The first-order valence-corrected chi connectivity index (χ1v) is 6.59. The van der Waals surface area contributed by atoms with Crippen LogP contribution in [0.1, 0.15) is 32.3 Å². The number of ether oxygens (including phenoxy) is 2. The average Bonchev–Trinajstić information content (AvgIpc) is 2.52. The van der Waals surface area contributed by atoms with Crippen LogP contribution in [0.5, 0.6) is 11.5 Å². The Morgan fingerprint density at radius 3 is 2.74 bits per heavy atom. The van der Waals surface area contributed by atoms with Gasteiger partial charge in [-0.1, -0.05) is 25.4 Å². The van der Waals surface area contributed by atoms with E-state index in [1.807, 2.05) is 19.9 Å². The van der Waals surface area contributed by atoms with E-state index in [1.54, 1.807) is 6.07 Å². The predicted octanol–water partition coefficient (Wildman–Crippen LogP) is 3.25. The van der Waals surface area contributed by atoms with Gasteiger partial charge in [0.05, 0.1) is 24.7 Å². The molecule has 104 valence electrons. The summed E-state index contributed by atoms with van der Waals surface area (Å²) >= 11 is 6.21. The Labute approximate surface area is 117 Å². The number of halogens is 1. The molecule has 0 saturated heterocycles. The minimum absolute atomic E-state index is 0.0307. The van der Waals surface area contributed by atoms with Crippen LogP contribution < -0.4 is 9.47 Å². The van der Waals surface area contributed by atoms with Gasteiger partial charge in [0.1, 0.15) is 0 Å². The molecule has 1 N–H and O–H groups in total. The second-order valence-corrected chi connectivity index (χ2v) is 5.70. The van der Waals surface area contributed by atoms with E-state index in [9.17, 15) is 4.79 Å². The van der Waals surface area contributed by atoms with Crippen LogP contribution in [0.25, 0.3) is 0 Å². The van der Waals surface area contributed by atoms with E-state index < -0.39 is 11.4 Å². The van der Waals surface area contributed by atoms with E-state index in [-0.39, 0.29) is 6.42 Å². The molecule has 5 heteroatoms. The maximum Gasteiger partial charge on any atom is 0.304 e. The summed E-state index contributed by atoms with van der Waals surface area (Å²) in [5.74, 6) is 0.306. The Morgan fingerprint density at radius 2 is 2.05 bits per heavy atom. The molecule has 0 amide bonds. The number of hydrogen-bond donors (Lipinski definition) is 1. The molecule has 0 fully saturated rings. The van der Waals surface area contributed by atoms with Crippen molar-refractivity contribution < 1.29 is 19.4 Å². The van der Waals surface area contributed by atoms with Crippen LogP contribution >= 0.6 is 11.6 Å². The van der Waals surface area contributed by atoms with Crippen LogP contribution in [0.3, 0.4) is 0 Å². The van der Waals surface area contributed by atoms with E-state index in [2.05, 4.69) is 0 Å². The summed E-state index contributed by atoms with van der Waals surface area (Å²) in [5.41, 5.74) is 0.323. The molecule has 1 aromatic rings. The number of carboxylic acids is 1. The lowest BCUT2D eigenvalue weighted by Crippen LogP contribution is -2.21. The standard InChI is InChI=1S/C14H17ClO4/c1-14(2,8-12(16)17)9-6-10(15)13-11(7-9)18-4-3-5-19-13/h6-7H,3-5,8H2,1-2H3,(H,16,17). The zero-order valence-corrected chi connectivity index (χ0v) is 11.8. The van der Waals surface area contributed by atoms with Gasteiger partial charge in [-0.25, -0.2) is 0 Å². The molecule has 0 spiro atoms. The minimum atomic E-state index is -0.840. The number of rotatable bonds is 3. The van der Waals surface area contributed by atoms with Crippen LogP contribution in [0.2, 0.25) is 5.02 Å². The van der Waals surface area contributed by atoms with Crippen molar-refractivity contribution in [3.63, 3.8) is 0 Å². The molecule has 4 nitrogen and oxygen atoms in total. The molecule has 0 unspecified atom stereocenters. The van der Waals surface area contributed by atoms with E-state index in [0.29, 0.717) is 29.7 Å². The summed E-state index contributed by atoms with van der Waals surface area (Å²) in [6.07, 6.45) is 0.835. The van der Waals surface area contributed by atoms with Gasteiger partial charge in [0, 0.05) is 11.8 Å². The Kier molecular flexibility index (Phi) is 3.90. The predicted molar refractivity (Wildman–Crippen MR) is 72.3 cm³/mol. The van der Waals surface area contributed by atoms with E-state index >= 15 is 0 Å². The molecule has 0 aromatic heterocycles. The second-order valence-electron chi connectivity index (χ2n) is 5.29. The lowest BCUT2D eigenvalue weighted by Gasteiger charge is -2.24. The van der Waals surface area contributed by atoms with Crippen molar-refractivity contribution in [1.29, 1.82) is 0 Å². The molecule has 0 saturated carbocycles. The number of aliphatic carboxylic acids is 1. The summed E-state index contributed by atoms with van der Waals surface area (Å²) in [7, 11) is 0. The lowest BCUT2D eigenvalue weighted by atomic mass is 9.81. The van der Waals surface area contributed by atoms with Gasteiger partial charge in [0.15, 0.2) is 11.5 Å². The molecule has 1 heterocycles. The van der Waals surface area contributed by atoms with Crippen molar-refractivity contribution in [3.05, 3.63) is 22.7 Å². The molecule has 0 aliphatic carbocycles. The largest absolute Gasteiger partial charge is 0.489 e. The molecule has 0 atom stereocenters. The number of hydrogen-bond acceptors (Lipinski definition) is 3. The average molecular weight is 285 g/mol. The normalized spacial score (nSPS) is 14.9. The summed E-state index contributed by atoms with van der Waals surface area (Å²) in [4.78, 5) is 10.9. The zero-order chi connectivity index (χ0) is 14.0. The summed E-state index contributed by atoms with van der Waals surface area (Å²) in [6.45, 7) is 4.89. The van der Waals surface area contributed by atoms with Gasteiger partial charge in [-0.15, -0.1) is 0 Å². The van der Waals surface area contributed by atoms with Gasteiger partial charge < -0.3 is 14.6 Å². The van der Waals surface area contributed by atoms with Gasteiger partial charge in [-0.2, -0.15) is 0 Å². The Hall–Kier alpha value is -1.42. The fraction of sp³-hybridized carbons (Fsp3) is 0.500. The van der Waals surface area contributed by atoms with Crippen LogP contribution in [0.15, 0.2) is 12.1 Å². The fourth-order valence-electron chi connectivity index (χ4n) is 2.10. The van der Waals surface area contributed by atoms with Gasteiger partial charge in [-0.05, 0) is 17.7 Å². The molecular formula is C14H17ClO4. The maximum absolute atomic E-state index is 10.9. The first kappa shape index (κ1) is 14.0. The minimum Gasteiger partial charge on any atom is -0.489 e. The lowest BCUT2D eigenvalue weighted by molar-refractivity contribution is -0.138. The van der Waals surface area contributed by atoms with Crippen molar-refractivity contribution in [3.8, 4) is 11.5 Å². The first-order valence-electron chi connectivity index (χ1n) is 6.21. The summed E-state index contributed by atoms with van der Waals surface area (Å²) < 4.78 is 11.2. The molecule has 1 aliphatic heterocycles. The van der Waals surface area contributed by atoms with E-state index in [0.717, 1.165) is 12.0 Å². The smallest absolute Gasteiger partial charge is 0.304 e. The van der Waals surface area contributed by atoms with Crippen LogP contribution in [-0.2, 0) is 10.2 Å². The van der Waals surface area contributed by atoms with E-state index in [1.165, 1.54) is 0 Å². The van der Waals surface area contributed by atoms with Crippen LogP contribution in [0, 0.1) is 0 Å². The maximum atomic E-state index is 10.9. The van der Waals surface area contributed by atoms with Gasteiger partial charge >= 0.3 is 5.97 Å². The van der Waals surface area contributed by atoms with Crippen LogP contribution in [-0.4, -0.2) is 24.3 Å². The van der Waals surface area contributed by atoms with Crippen molar-refractivity contribution in [1.82, 2.24) is 0 Å². The SMILES string of the molecule is CC(C)(CC(=O)O)c1cc(Cl)c2c(c1)OCCCO2. The first-order chi connectivity index (χ1) is 8.90. The Morgan fingerprint density at radius 1 is 1.37 bits per heavy atom. The molecule has 0 bridgehead atoms. The van der Waals surface area contributed by atoms with Crippen molar-refractivity contribution in [2.24, 2.45) is 0 Å².